The average molecular weight is 654 g/mol. The Labute approximate surface area is 263 Å². The molecule has 4 amide bonds. The summed E-state index contributed by atoms with van der Waals surface area (Å²) in [6.45, 7) is 2.16. The minimum absolute atomic E-state index is 0.0503. The first-order valence-corrected chi connectivity index (χ1v) is 16.4. The van der Waals surface area contributed by atoms with Crippen LogP contribution in [0.2, 0.25) is 0 Å². The van der Waals surface area contributed by atoms with Crippen molar-refractivity contribution in [3.63, 3.8) is 0 Å². The highest BCUT2D eigenvalue weighted by Crippen LogP contribution is 2.47. The van der Waals surface area contributed by atoms with Gasteiger partial charge in [-0.2, -0.15) is 14.7 Å². The lowest BCUT2D eigenvalue weighted by molar-refractivity contribution is -0.134. The molecule has 0 aliphatic heterocycles. The van der Waals surface area contributed by atoms with Gasteiger partial charge >= 0.3 is 8.17 Å². The summed E-state index contributed by atoms with van der Waals surface area (Å²) >= 11 is 0. The summed E-state index contributed by atoms with van der Waals surface area (Å²) in [5.74, 6) is -3.47. The highest BCUT2D eigenvalue weighted by Gasteiger charge is 2.41. The van der Waals surface area contributed by atoms with Crippen LogP contribution in [-0.2, 0) is 43.1 Å². The topological polar surface area (TPSA) is 238 Å². The molecule has 45 heavy (non-hydrogen) atoms. The van der Waals surface area contributed by atoms with Crippen molar-refractivity contribution < 1.29 is 43.5 Å². The highest BCUT2D eigenvalue weighted by molar-refractivity contribution is 7.53. The second-order valence-corrected chi connectivity index (χ2v) is 12.1. The number of hydrogen-bond acceptors (Lipinski definition) is 10. The number of benzene rings is 1. The minimum Gasteiger partial charge on any atom is -0.394 e. The third kappa shape index (κ3) is 14.5. The molecule has 0 radical (unpaired) electrons. The maximum absolute atomic E-state index is 13.1. The van der Waals surface area contributed by atoms with Gasteiger partial charge in [0.2, 0.25) is 23.6 Å². The number of aryl methyl sites for hydroxylation is 2. The number of aromatic nitrogens is 2. The standard InChI is InChI=1S/C29H45N6O9P/c1-20(44-45(41,42)43)26(27(30)38)34-29(40)25(18-36)33-28(39)24(32-21(2)37)16-23-17-31-19-35(23)15-11-6-4-3-5-8-12-22-13-9-7-10-14-22/h7,9-10,13-14,17,19-20,24-26,36,41-43H,3-6,8,11-12,15-16,18H2,1-2H3,(H4-,30,32,33,34,37,38,39,40)/p+1/t20-,24+,25+,26+/m1/s1. The van der Waals surface area contributed by atoms with Crippen LogP contribution in [0, 0.1) is 0 Å². The first-order valence-electron chi connectivity index (χ1n) is 14.9. The fraction of sp³-hybridized carbons (Fsp3) is 0.552. The molecule has 0 unspecified atom stereocenters. The molecule has 0 spiro atoms. The maximum atomic E-state index is 13.1. The van der Waals surface area contributed by atoms with Crippen molar-refractivity contribution in [2.24, 2.45) is 5.73 Å². The molecule has 16 heteroatoms. The Bertz CT molecular complexity index is 1220. The molecule has 2 aromatic rings. The smallest absolute Gasteiger partial charge is 0.394 e. The largest absolute Gasteiger partial charge is 0.567 e. The van der Waals surface area contributed by atoms with E-state index in [4.69, 9.17) is 20.4 Å². The number of primary amides is 1. The first kappa shape index (κ1) is 37.7. The molecule has 1 aromatic carbocycles. The van der Waals surface area contributed by atoms with E-state index in [0.717, 1.165) is 51.9 Å². The summed E-state index contributed by atoms with van der Waals surface area (Å²) in [6.07, 6.45) is 9.39. The van der Waals surface area contributed by atoms with Gasteiger partial charge in [0.05, 0.1) is 12.9 Å². The van der Waals surface area contributed by atoms with E-state index in [9.17, 15) is 24.3 Å². The molecule has 9 N–H and O–H groups in total. The summed E-state index contributed by atoms with van der Waals surface area (Å²) in [7, 11) is -4.77. The van der Waals surface area contributed by atoms with Crippen molar-refractivity contribution in [1.82, 2.24) is 25.5 Å². The van der Waals surface area contributed by atoms with Gasteiger partial charge in [0.15, 0.2) is 0 Å². The van der Waals surface area contributed by atoms with E-state index < -0.39 is 62.6 Å². The van der Waals surface area contributed by atoms with E-state index in [1.807, 2.05) is 10.6 Å². The summed E-state index contributed by atoms with van der Waals surface area (Å²) in [6, 6.07) is 6.07. The fourth-order valence-corrected chi connectivity index (χ4v) is 5.34. The van der Waals surface area contributed by atoms with E-state index in [1.165, 1.54) is 12.5 Å². The fourth-order valence-electron chi connectivity index (χ4n) is 4.77. The van der Waals surface area contributed by atoms with Gasteiger partial charge in [0.1, 0.15) is 24.2 Å². The summed E-state index contributed by atoms with van der Waals surface area (Å²) in [5, 5.41) is 16.8. The third-order valence-corrected chi connectivity index (χ3v) is 7.68. The maximum Gasteiger partial charge on any atom is 0.567 e. The van der Waals surface area contributed by atoms with E-state index in [-0.39, 0.29) is 6.42 Å². The van der Waals surface area contributed by atoms with Gasteiger partial charge in [-0.3, -0.25) is 19.2 Å². The van der Waals surface area contributed by atoms with Crippen molar-refractivity contribution >= 4 is 31.8 Å². The predicted molar refractivity (Wildman–Crippen MR) is 166 cm³/mol. The molecule has 0 saturated carbocycles. The number of amides is 4. The number of nitrogens with two attached hydrogens (primary N) is 1. The second-order valence-electron chi connectivity index (χ2n) is 10.8. The third-order valence-electron chi connectivity index (χ3n) is 7.06. The average Bonchev–Trinajstić information content (AvgIpc) is 3.41. The van der Waals surface area contributed by atoms with Gasteiger partial charge in [-0.15, -0.1) is 4.52 Å². The number of aliphatic hydroxyl groups excluding tert-OH is 1. The number of nitrogens with one attached hydrogen (secondary N) is 3. The van der Waals surface area contributed by atoms with Crippen LogP contribution >= 0.6 is 8.17 Å². The van der Waals surface area contributed by atoms with Crippen LogP contribution in [0.25, 0.3) is 0 Å². The Morgan fingerprint density at radius 3 is 2.16 bits per heavy atom. The van der Waals surface area contributed by atoms with E-state index in [0.29, 0.717) is 12.2 Å². The second kappa shape index (κ2) is 19.1. The zero-order chi connectivity index (χ0) is 33.4. The molecule has 2 rings (SSSR count). The number of carbonyl (C=O) groups excluding carboxylic acids is 4. The molecule has 0 saturated heterocycles. The summed E-state index contributed by atoms with van der Waals surface area (Å²) in [5.41, 5.74) is 7.29. The highest BCUT2D eigenvalue weighted by atomic mass is 31.2. The van der Waals surface area contributed by atoms with Gasteiger partial charge in [0, 0.05) is 31.8 Å². The van der Waals surface area contributed by atoms with Crippen molar-refractivity contribution in [2.45, 2.75) is 96.0 Å². The summed E-state index contributed by atoms with van der Waals surface area (Å²) < 4.78 is 6.44. The Morgan fingerprint density at radius 1 is 0.933 bits per heavy atom. The molecule has 250 valence electrons. The molecular formula is C29H46N6O9P+. The SMILES string of the molecule is CC(=O)N[C@@H](Cc1cncn1CCCCCCCCc1ccccc1)C(=O)N[C@@H](CO)C(=O)N[C@H](C(N)=O)[C@@H](C)O[P+](O)(O)O. The van der Waals surface area contributed by atoms with E-state index in [2.05, 4.69) is 49.7 Å². The lowest BCUT2D eigenvalue weighted by Crippen LogP contribution is -2.59. The Hall–Kier alpha value is -3.46. The molecular weight excluding hydrogens is 607 g/mol. The Balaban J connectivity index is 1.90. The Morgan fingerprint density at radius 2 is 1.56 bits per heavy atom. The number of carbonyl (C=O) groups is 4. The molecule has 1 aromatic heterocycles. The number of aliphatic hydroxyl groups is 1. The van der Waals surface area contributed by atoms with Gasteiger partial charge < -0.3 is 31.4 Å². The van der Waals surface area contributed by atoms with Gasteiger partial charge in [-0.05, 0) is 31.7 Å². The zero-order valence-corrected chi connectivity index (χ0v) is 26.6. The van der Waals surface area contributed by atoms with Crippen molar-refractivity contribution in [3.8, 4) is 0 Å². The number of hydrogen-bond donors (Lipinski definition) is 8. The summed E-state index contributed by atoms with van der Waals surface area (Å²) in [4.78, 5) is 81.2. The van der Waals surface area contributed by atoms with E-state index in [1.54, 1.807) is 12.5 Å². The molecule has 1 heterocycles. The molecule has 15 nitrogen and oxygen atoms in total. The van der Waals surface area contributed by atoms with Gasteiger partial charge in [-0.25, -0.2) is 4.98 Å². The van der Waals surface area contributed by atoms with Crippen LogP contribution in [0.1, 0.15) is 63.6 Å². The number of nitrogens with zero attached hydrogens (tertiary/aromatic N) is 2. The van der Waals surface area contributed by atoms with Crippen molar-refractivity contribution in [3.05, 3.63) is 54.1 Å². The van der Waals surface area contributed by atoms with Crippen LogP contribution in [0.4, 0.5) is 0 Å². The predicted octanol–water partition coefficient (Wildman–Crippen LogP) is 0.0204. The molecule has 0 bridgehead atoms. The quantitative estimate of drug-likeness (QED) is 0.0664. The molecule has 0 fully saturated rings. The van der Waals surface area contributed by atoms with Crippen molar-refractivity contribution in [1.29, 1.82) is 0 Å². The number of unbranched alkanes of at least 4 members (excludes halogenated alkanes) is 5. The first-order chi connectivity index (χ1) is 21.3. The lowest BCUT2D eigenvalue weighted by atomic mass is 10.0. The number of rotatable bonds is 21. The van der Waals surface area contributed by atoms with Crippen LogP contribution < -0.4 is 21.7 Å². The molecule has 0 aliphatic carbocycles. The monoisotopic (exact) mass is 653 g/mol. The van der Waals surface area contributed by atoms with Crippen molar-refractivity contribution in [2.75, 3.05) is 6.61 Å². The van der Waals surface area contributed by atoms with Crippen LogP contribution in [-0.4, -0.2) is 83.8 Å². The number of imidazole rings is 1. The van der Waals surface area contributed by atoms with Crippen LogP contribution in [0.15, 0.2) is 42.9 Å². The normalized spacial score (nSPS) is 14.2. The van der Waals surface area contributed by atoms with E-state index >= 15 is 0 Å². The minimum atomic E-state index is -4.77. The van der Waals surface area contributed by atoms with Crippen LogP contribution in [0.3, 0.4) is 0 Å². The molecule has 4 atom stereocenters. The van der Waals surface area contributed by atoms with Crippen LogP contribution in [0.5, 0.6) is 0 Å². The molecule has 0 aliphatic rings. The zero-order valence-electron chi connectivity index (χ0n) is 25.7. The van der Waals surface area contributed by atoms with Gasteiger partial charge in [-0.1, -0.05) is 56.0 Å². The van der Waals surface area contributed by atoms with Gasteiger partial charge in [0.25, 0.3) is 0 Å². The lowest BCUT2D eigenvalue weighted by Gasteiger charge is -2.25. The Kier molecular flexibility index (Phi) is 16.0.